The van der Waals surface area contributed by atoms with Crippen molar-refractivity contribution in [1.82, 2.24) is 15.2 Å². The number of thiazole rings is 1. The number of rotatable bonds is 5. The number of piperidine rings is 1. The van der Waals surface area contributed by atoms with Crippen LogP contribution in [0.5, 0.6) is 0 Å². The number of likely N-dealkylation sites (tertiary alicyclic amines) is 1. The van der Waals surface area contributed by atoms with Gasteiger partial charge in [-0.25, -0.2) is 4.98 Å². The largest absolute Gasteiger partial charge is 0.314 e. The van der Waals surface area contributed by atoms with Gasteiger partial charge in [0.2, 0.25) is 0 Å². The van der Waals surface area contributed by atoms with Gasteiger partial charge >= 0.3 is 0 Å². The predicted octanol–water partition coefficient (Wildman–Crippen LogP) is 2.53. The first-order chi connectivity index (χ1) is 8.69. The summed E-state index contributed by atoms with van der Waals surface area (Å²) in [5, 5.41) is 6.66. The standard InChI is InChI=1S/C14H25N3S/c1-11(2)17-6-4-5-12(9-17)7-14-16-13(8-15-3)10-18-14/h10-12,15H,4-9H2,1-3H3. The molecule has 1 saturated heterocycles. The third-order valence-corrected chi connectivity index (χ3v) is 4.62. The van der Waals surface area contributed by atoms with Gasteiger partial charge in [-0.05, 0) is 46.2 Å². The highest BCUT2D eigenvalue weighted by atomic mass is 32.1. The van der Waals surface area contributed by atoms with Crippen molar-refractivity contribution in [2.45, 2.75) is 45.7 Å². The molecule has 1 N–H and O–H groups in total. The van der Waals surface area contributed by atoms with Crippen LogP contribution in [0.2, 0.25) is 0 Å². The Bertz CT molecular complexity index is 362. The Hall–Kier alpha value is -0.450. The van der Waals surface area contributed by atoms with Crippen LogP contribution in [-0.2, 0) is 13.0 Å². The van der Waals surface area contributed by atoms with Crippen molar-refractivity contribution in [2.75, 3.05) is 20.1 Å². The molecule has 1 fully saturated rings. The predicted molar refractivity (Wildman–Crippen MR) is 78.0 cm³/mol. The number of hydrogen-bond donors (Lipinski definition) is 1. The maximum absolute atomic E-state index is 4.70. The van der Waals surface area contributed by atoms with E-state index >= 15 is 0 Å². The minimum atomic E-state index is 0.684. The van der Waals surface area contributed by atoms with Gasteiger partial charge in [0, 0.05) is 30.9 Å². The number of aromatic nitrogens is 1. The van der Waals surface area contributed by atoms with Crippen LogP contribution in [0.3, 0.4) is 0 Å². The minimum Gasteiger partial charge on any atom is -0.314 e. The lowest BCUT2D eigenvalue weighted by Gasteiger charge is -2.35. The molecule has 0 radical (unpaired) electrons. The summed E-state index contributed by atoms with van der Waals surface area (Å²) in [7, 11) is 1.97. The van der Waals surface area contributed by atoms with E-state index in [1.807, 2.05) is 18.4 Å². The van der Waals surface area contributed by atoms with E-state index in [9.17, 15) is 0 Å². The first kappa shape index (κ1) is 14.0. The highest BCUT2D eigenvalue weighted by Crippen LogP contribution is 2.23. The molecule has 0 bridgehead atoms. The van der Waals surface area contributed by atoms with Crippen LogP contribution in [0, 0.1) is 5.92 Å². The average molecular weight is 267 g/mol. The molecule has 1 aliphatic rings. The van der Waals surface area contributed by atoms with E-state index in [1.54, 1.807) is 0 Å². The van der Waals surface area contributed by atoms with Crippen molar-refractivity contribution in [3.8, 4) is 0 Å². The molecule has 0 aromatic carbocycles. The molecule has 0 amide bonds. The molecule has 2 heterocycles. The zero-order valence-electron chi connectivity index (χ0n) is 11.8. The van der Waals surface area contributed by atoms with E-state index in [-0.39, 0.29) is 0 Å². The molecular weight excluding hydrogens is 242 g/mol. The van der Waals surface area contributed by atoms with Crippen LogP contribution in [0.25, 0.3) is 0 Å². The van der Waals surface area contributed by atoms with Crippen LogP contribution < -0.4 is 5.32 Å². The number of nitrogens with zero attached hydrogens (tertiary/aromatic N) is 2. The first-order valence-electron chi connectivity index (χ1n) is 7.01. The van der Waals surface area contributed by atoms with Gasteiger partial charge in [0.25, 0.3) is 0 Å². The number of nitrogens with one attached hydrogen (secondary N) is 1. The van der Waals surface area contributed by atoms with Crippen LogP contribution in [0.4, 0.5) is 0 Å². The van der Waals surface area contributed by atoms with E-state index in [0.29, 0.717) is 6.04 Å². The minimum absolute atomic E-state index is 0.684. The fourth-order valence-corrected chi connectivity index (χ4v) is 3.59. The maximum Gasteiger partial charge on any atom is 0.0932 e. The summed E-state index contributed by atoms with van der Waals surface area (Å²) in [6.45, 7) is 8.02. The van der Waals surface area contributed by atoms with E-state index in [2.05, 4.69) is 29.4 Å². The second-order valence-corrected chi connectivity index (χ2v) is 6.51. The molecule has 18 heavy (non-hydrogen) atoms. The molecule has 0 spiro atoms. The molecule has 0 aliphatic carbocycles. The second-order valence-electron chi connectivity index (χ2n) is 5.56. The Morgan fingerprint density at radius 1 is 1.56 bits per heavy atom. The molecule has 1 aliphatic heterocycles. The molecule has 0 saturated carbocycles. The zero-order chi connectivity index (χ0) is 13.0. The molecule has 102 valence electrons. The maximum atomic E-state index is 4.70. The Kier molecular flexibility index (Phi) is 5.15. The van der Waals surface area contributed by atoms with Gasteiger partial charge in [0.1, 0.15) is 0 Å². The third-order valence-electron chi connectivity index (χ3n) is 3.70. The Morgan fingerprint density at radius 2 is 2.39 bits per heavy atom. The fraction of sp³-hybridized carbons (Fsp3) is 0.786. The Morgan fingerprint density at radius 3 is 3.11 bits per heavy atom. The lowest BCUT2D eigenvalue weighted by atomic mass is 9.94. The normalized spacial score (nSPS) is 21.7. The van der Waals surface area contributed by atoms with Crippen molar-refractivity contribution >= 4 is 11.3 Å². The van der Waals surface area contributed by atoms with Crippen molar-refractivity contribution in [2.24, 2.45) is 5.92 Å². The smallest absolute Gasteiger partial charge is 0.0932 e. The monoisotopic (exact) mass is 267 g/mol. The van der Waals surface area contributed by atoms with Crippen molar-refractivity contribution < 1.29 is 0 Å². The van der Waals surface area contributed by atoms with Crippen LogP contribution in [0.15, 0.2) is 5.38 Å². The summed E-state index contributed by atoms with van der Waals surface area (Å²) in [6.07, 6.45) is 3.87. The summed E-state index contributed by atoms with van der Waals surface area (Å²) in [6, 6.07) is 0.684. The van der Waals surface area contributed by atoms with Gasteiger partial charge < -0.3 is 10.2 Å². The van der Waals surface area contributed by atoms with Gasteiger partial charge in [-0.15, -0.1) is 11.3 Å². The lowest BCUT2D eigenvalue weighted by molar-refractivity contribution is 0.139. The van der Waals surface area contributed by atoms with Gasteiger partial charge in [-0.1, -0.05) is 0 Å². The molecular formula is C14H25N3S. The van der Waals surface area contributed by atoms with Gasteiger partial charge in [0.05, 0.1) is 10.7 Å². The van der Waals surface area contributed by atoms with Crippen LogP contribution >= 0.6 is 11.3 Å². The summed E-state index contributed by atoms with van der Waals surface area (Å²) in [5.74, 6) is 0.801. The zero-order valence-corrected chi connectivity index (χ0v) is 12.6. The lowest BCUT2D eigenvalue weighted by Crippen LogP contribution is -2.40. The first-order valence-corrected chi connectivity index (χ1v) is 7.89. The second kappa shape index (κ2) is 6.64. The molecule has 4 heteroatoms. The SMILES string of the molecule is CNCc1csc(CC2CCCN(C(C)C)C2)n1. The Labute approximate surface area is 115 Å². The quantitative estimate of drug-likeness (QED) is 0.888. The van der Waals surface area contributed by atoms with Crippen molar-refractivity contribution in [1.29, 1.82) is 0 Å². The third kappa shape index (κ3) is 3.77. The van der Waals surface area contributed by atoms with Crippen LogP contribution in [-0.4, -0.2) is 36.1 Å². The molecule has 1 atom stereocenters. The summed E-state index contributed by atoms with van der Waals surface area (Å²) in [5.41, 5.74) is 1.19. The number of hydrogen-bond acceptors (Lipinski definition) is 4. The Balaban J connectivity index is 1.87. The van der Waals surface area contributed by atoms with E-state index in [4.69, 9.17) is 4.98 Å². The van der Waals surface area contributed by atoms with Gasteiger partial charge in [-0.2, -0.15) is 0 Å². The molecule has 1 aromatic heterocycles. The van der Waals surface area contributed by atoms with E-state index < -0.39 is 0 Å². The fourth-order valence-electron chi connectivity index (χ4n) is 2.68. The van der Waals surface area contributed by atoms with E-state index in [1.165, 1.54) is 36.6 Å². The topological polar surface area (TPSA) is 28.2 Å². The highest BCUT2D eigenvalue weighted by Gasteiger charge is 2.22. The average Bonchev–Trinajstić information content (AvgIpc) is 2.77. The molecule has 2 rings (SSSR count). The van der Waals surface area contributed by atoms with Crippen molar-refractivity contribution in [3.63, 3.8) is 0 Å². The van der Waals surface area contributed by atoms with E-state index in [0.717, 1.165) is 18.9 Å². The van der Waals surface area contributed by atoms with Gasteiger partial charge in [-0.3, -0.25) is 0 Å². The van der Waals surface area contributed by atoms with Crippen LogP contribution in [0.1, 0.15) is 37.4 Å². The highest BCUT2D eigenvalue weighted by molar-refractivity contribution is 7.09. The summed E-state index contributed by atoms with van der Waals surface area (Å²) in [4.78, 5) is 7.31. The molecule has 3 nitrogen and oxygen atoms in total. The molecule has 1 aromatic rings. The molecule has 1 unspecified atom stereocenters. The van der Waals surface area contributed by atoms with Gasteiger partial charge in [0.15, 0.2) is 0 Å². The van der Waals surface area contributed by atoms with Crippen molar-refractivity contribution in [3.05, 3.63) is 16.1 Å². The summed E-state index contributed by atoms with van der Waals surface area (Å²) >= 11 is 1.82. The summed E-state index contributed by atoms with van der Waals surface area (Å²) < 4.78 is 0.